The number of allylic oxidation sites excluding steroid dienone is 1. The molecule has 1 unspecified atom stereocenters. The van der Waals surface area contributed by atoms with Gasteiger partial charge in [0.25, 0.3) is 0 Å². The van der Waals surface area contributed by atoms with Gasteiger partial charge in [0, 0.05) is 29.2 Å². The fourth-order valence-electron chi connectivity index (χ4n) is 2.46. The maximum atomic E-state index is 6.23. The smallest absolute Gasteiger partial charge is 0.0630 e. The molecule has 1 atom stereocenters. The van der Waals surface area contributed by atoms with Gasteiger partial charge in [-0.3, -0.25) is 4.98 Å². The summed E-state index contributed by atoms with van der Waals surface area (Å²) in [6.07, 6.45) is 11.5. The Balaban J connectivity index is 1.92. The van der Waals surface area contributed by atoms with E-state index >= 15 is 0 Å². The molecular formula is C15H17N3. The van der Waals surface area contributed by atoms with E-state index in [4.69, 9.17) is 5.73 Å². The van der Waals surface area contributed by atoms with Crippen LogP contribution < -0.4 is 11.1 Å². The van der Waals surface area contributed by atoms with Crippen LogP contribution in [0, 0.1) is 0 Å². The Morgan fingerprint density at radius 3 is 3.00 bits per heavy atom. The zero-order chi connectivity index (χ0) is 12.4. The summed E-state index contributed by atoms with van der Waals surface area (Å²) in [5.41, 5.74) is 8.09. The minimum Gasteiger partial charge on any atom is -0.397 e. The van der Waals surface area contributed by atoms with Crippen LogP contribution in [0.5, 0.6) is 0 Å². The van der Waals surface area contributed by atoms with Crippen LogP contribution in [-0.2, 0) is 0 Å². The summed E-state index contributed by atoms with van der Waals surface area (Å²) in [5.74, 6) is 0. The van der Waals surface area contributed by atoms with E-state index in [2.05, 4.69) is 34.6 Å². The zero-order valence-corrected chi connectivity index (χ0v) is 10.3. The number of nitrogens with zero attached hydrogens (tertiary/aromatic N) is 1. The van der Waals surface area contributed by atoms with Gasteiger partial charge in [-0.1, -0.05) is 18.2 Å². The molecule has 0 aliphatic heterocycles. The first kappa shape index (κ1) is 11.1. The molecule has 92 valence electrons. The molecule has 0 saturated carbocycles. The van der Waals surface area contributed by atoms with Crippen molar-refractivity contribution < 1.29 is 0 Å². The van der Waals surface area contributed by atoms with E-state index < -0.39 is 0 Å². The van der Waals surface area contributed by atoms with Crippen molar-refractivity contribution in [1.82, 2.24) is 4.98 Å². The zero-order valence-electron chi connectivity index (χ0n) is 10.3. The quantitative estimate of drug-likeness (QED) is 0.624. The van der Waals surface area contributed by atoms with Crippen LogP contribution in [0.2, 0.25) is 0 Å². The highest BCUT2D eigenvalue weighted by Crippen LogP contribution is 2.29. The second-order valence-corrected chi connectivity index (χ2v) is 4.75. The minimum absolute atomic E-state index is 0.497. The Hall–Kier alpha value is -2.03. The van der Waals surface area contributed by atoms with E-state index in [1.54, 1.807) is 6.20 Å². The Labute approximate surface area is 107 Å². The van der Waals surface area contributed by atoms with Gasteiger partial charge >= 0.3 is 0 Å². The maximum absolute atomic E-state index is 6.23. The van der Waals surface area contributed by atoms with Crippen LogP contribution in [0.1, 0.15) is 19.3 Å². The maximum Gasteiger partial charge on any atom is 0.0630 e. The predicted octanol–water partition coefficient (Wildman–Crippen LogP) is 3.34. The van der Waals surface area contributed by atoms with E-state index in [0.717, 1.165) is 35.0 Å². The first-order chi connectivity index (χ1) is 8.84. The molecule has 3 N–H and O–H groups in total. The molecule has 1 aliphatic carbocycles. The van der Waals surface area contributed by atoms with Crippen molar-refractivity contribution in [1.29, 1.82) is 0 Å². The monoisotopic (exact) mass is 239 g/mol. The average Bonchev–Trinajstić information content (AvgIpc) is 2.43. The molecule has 0 radical (unpaired) electrons. The number of hydrogen-bond donors (Lipinski definition) is 2. The molecule has 3 rings (SSSR count). The number of pyridine rings is 1. The van der Waals surface area contributed by atoms with Crippen molar-refractivity contribution in [3.05, 3.63) is 42.7 Å². The van der Waals surface area contributed by atoms with Crippen molar-refractivity contribution in [2.75, 3.05) is 11.1 Å². The van der Waals surface area contributed by atoms with Gasteiger partial charge in [-0.15, -0.1) is 0 Å². The van der Waals surface area contributed by atoms with Crippen LogP contribution >= 0.6 is 0 Å². The standard InChI is InChI=1S/C15H17N3/c16-15-13-8-9-17-10-11(13)6-7-14(15)18-12-4-2-1-3-5-12/h1-2,6-10,12,18H,3-5,16H2. The Bertz CT molecular complexity index is 589. The second kappa shape index (κ2) is 4.69. The van der Waals surface area contributed by atoms with Gasteiger partial charge in [-0.05, 0) is 31.4 Å². The summed E-state index contributed by atoms with van der Waals surface area (Å²) >= 11 is 0. The lowest BCUT2D eigenvalue weighted by Gasteiger charge is -2.22. The van der Waals surface area contributed by atoms with Crippen molar-refractivity contribution in [3.8, 4) is 0 Å². The normalized spacial score (nSPS) is 19.0. The number of hydrogen-bond acceptors (Lipinski definition) is 3. The van der Waals surface area contributed by atoms with E-state index in [9.17, 15) is 0 Å². The number of nitrogen functional groups attached to an aromatic ring is 1. The van der Waals surface area contributed by atoms with Gasteiger partial charge in [0.2, 0.25) is 0 Å². The molecule has 3 nitrogen and oxygen atoms in total. The molecule has 0 saturated heterocycles. The second-order valence-electron chi connectivity index (χ2n) is 4.75. The summed E-state index contributed by atoms with van der Waals surface area (Å²) in [7, 11) is 0. The van der Waals surface area contributed by atoms with Crippen LogP contribution in [0.25, 0.3) is 10.8 Å². The molecule has 1 aromatic heterocycles. The number of aromatic nitrogens is 1. The molecule has 0 amide bonds. The van der Waals surface area contributed by atoms with E-state index in [-0.39, 0.29) is 0 Å². The van der Waals surface area contributed by atoms with E-state index in [0.29, 0.717) is 6.04 Å². The van der Waals surface area contributed by atoms with Crippen molar-refractivity contribution in [2.24, 2.45) is 0 Å². The highest BCUT2D eigenvalue weighted by Gasteiger charge is 2.11. The lowest BCUT2D eigenvalue weighted by Crippen LogP contribution is -2.20. The predicted molar refractivity (Wildman–Crippen MR) is 76.6 cm³/mol. The first-order valence-corrected chi connectivity index (χ1v) is 6.38. The lowest BCUT2D eigenvalue weighted by atomic mass is 10.0. The van der Waals surface area contributed by atoms with Gasteiger partial charge in [0.05, 0.1) is 11.4 Å². The molecule has 3 heteroatoms. The van der Waals surface area contributed by atoms with Crippen molar-refractivity contribution in [2.45, 2.75) is 25.3 Å². The number of nitrogens with one attached hydrogen (secondary N) is 1. The highest BCUT2D eigenvalue weighted by molar-refractivity contribution is 5.98. The van der Waals surface area contributed by atoms with Crippen LogP contribution in [0.15, 0.2) is 42.7 Å². The van der Waals surface area contributed by atoms with Gasteiger partial charge < -0.3 is 11.1 Å². The summed E-state index contributed by atoms with van der Waals surface area (Å²) < 4.78 is 0. The molecule has 1 aromatic carbocycles. The van der Waals surface area contributed by atoms with Gasteiger partial charge in [0.15, 0.2) is 0 Å². The highest BCUT2D eigenvalue weighted by atomic mass is 14.9. The van der Waals surface area contributed by atoms with Crippen molar-refractivity contribution in [3.63, 3.8) is 0 Å². The summed E-state index contributed by atoms with van der Waals surface area (Å²) in [5, 5.41) is 5.70. The Morgan fingerprint density at radius 1 is 1.22 bits per heavy atom. The van der Waals surface area contributed by atoms with Crippen LogP contribution in [-0.4, -0.2) is 11.0 Å². The number of anilines is 2. The molecule has 0 fully saturated rings. The van der Waals surface area contributed by atoms with Crippen molar-refractivity contribution >= 4 is 22.1 Å². The van der Waals surface area contributed by atoms with Gasteiger partial charge in [0.1, 0.15) is 0 Å². The fourth-order valence-corrected chi connectivity index (χ4v) is 2.46. The molecular weight excluding hydrogens is 222 g/mol. The number of fused-ring (bicyclic) bond motifs is 1. The summed E-state index contributed by atoms with van der Waals surface area (Å²) in [6, 6.07) is 6.59. The fraction of sp³-hybridized carbons (Fsp3) is 0.267. The number of benzene rings is 1. The number of nitrogens with two attached hydrogens (primary N) is 1. The average molecular weight is 239 g/mol. The third-order valence-electron chi connectivity index (χ3n) is 3.49. The minimum atomic E-state index is 0.497. The Morgan fingerprint density at radius 2 is 2.17 bits per heavy atom. The molecule has 1 heterocycles. The third kappa shape index (κ3) is 2.04. The topological polar surface area (TPSA) is 50.9 Å². The Kier molecular flexibility index (Phi) is 2.89. The van der Waals surface area contributed by atoms with E-state index in [1.807, 2.05) is 12.3 Å². The van der Waals surface area contributed by atoms with Gasteiger partial charge in [-0.2, -0.15) is 0 Å². The molecule has 0 spiro atoms. The van der Waals surface area contributed by atoms with Crippen LogP contribution in [0.4, 0.5) is 11.4 Å². The van der Waals surface area contributed by atoms with Crippen LogP contribution in [0.3, 0.4) is 0 Å². The molecule has 2 aromatic rings. The largest absolute Gasteiger partial charge is 0.397 e. The summed E-state index contributed by atoms with van der Waals surface area (Å²) in [6.45, 7) is 0. The molecule has 1 aliphatic rings. The van der Waals surface area contributed by atoms with E-state index in [1.165, 1.54) is 6.42 Å². The SMILES string of the molecule is Nc1c(NC2CC=CCC2)ccc2cnccc12. The lowest BCUT2D eigenvalue weighted by molar-refractivity contribution is 0.645. The first-order valence-electron chi connectivity index (χ1n) is 6.38. The van der Waals surface area contributed by atoms with Gasteiger partial charge in [-0.25, -0.2) is 0 Å². The number of rotatable bonds is 2. The molecule has 0 bridgehead atoms. The third-order valence-corrected chi connectivity index (χ3v) is 3.49. The summed E-state index contributed by atoms with van der Waals surface area (Å²) in [4.78, 5) is 4.11. The molecule has 18 heavy (non-hydrogen) atoms.